The Morgan fingerprint density at radius 1 is 0.925 bits per heavy atom. The van der Waals surface area contributed by atoms with Crippen molar-refractivity contribution in [2.24, 2.45) is 17.8 Å². The van der Waals surface area contributed by atoms with Crippen LogP contribution in [-0.4, -0.2) is 89.3 Å². The SMILES string of the molecule is COC1CC(OC2C(C)=CCC3CC(CC4(CC(O)C(C)C(C5CCCCC5)O4)O3)OC(=O)c3cc(C)c(O)cc3C(C)=CC=CC2C)OC(C)C1O. The maximum atomic E-state index is 14.1. The Hall–Kier alpha value is -2.57. The molecule has 0 amide bonds. The number of allylic oxidation sites excluding steroid dienone is 3. The van der Waals surface area contributed by atoms with Crippen molar-refractivity contribution in [3.63, 3.8) is 0 Å². The number of benzene rings is 1. The molecule has 1 aliphatic carbocycles. The van der Waals surface area contributed by atoms with Crippen molar-refractivity contribution >= 4 is 11.5 Å². The summed E-state index contributed by atoms with van der Waals surface area (Å²) in [5.41, 5.74) is 3.34. The maximum absolute atomic E-state index is 14.1. The van der Waals surface area contributed by atoms with Gasteiger partial charge in [-0.3, -0.25) is 0 Å². The topological polar surface area (TPSA) is 133 Å². The molecule has 1 spiro atoms. The van der Waals surface area contributed by atoms with Crippen LogP contribution in [-0.2, 0) is 28.4 Å². The van der Waals surface area contributed by atoms with E-state index in [4.69, 9.17) is 28.4 Å². The molecule has 6 rings (SSSR count). The quantitative estimate of drug-likeness (QED) is 0.213. The van der Waals surface area contributed by atoms with Crippen molar-refractivity contribution < 1.29 is 48.5 Å². The highest BCUT2D eigenvalue weighted by Gasteiger charge is 2.53. The molecule has 5 aliphatic rings. The van der Waals surface area contributed by atoms with Crippen molar-refractivity contribution in [2.45, 2.75) is 167 Å². The van der Waals surface area contributed by atoms with E-state index in [9.17, 15) is 20.1 Å². The van der Waals surface area contributed by atoms with E-state index in [1.807, 2.05) is 32.9 Å². The molecule has 12 unspecified atom stereocenters. The van der Waals surface area contributed by atoms with Gasteiger partial charge in [0.05, 0.1) is 42.2 Å². The van der Waals surface area contributed by atoms with E-state index in [0.717, 1.165) is 36.8 Å². The zero-order valence-electron chi connectivity index (χ0n) is 32.7. The van der Waals surface area contributed by atoms with Crippen LogP contribution in [0.25, 0.3) is 5.57 Å². The molecule has 0 radical (unpaired) electrons. The van der Waals surface area contributed by atoms with Crippen LogP contribution < -0.4 is 0 Å². The van der Waals surface area contributed by atoms with Gasteiger partial charge in [0.2, 0.25) is 0 Å². The number of ether oxygens (including phenoxy) is 6. The Bertz CT molecular complexity index is 1530. The lowest BCUT2D eigenvalue weighted by Crippen LogP contribution is -2.59. The number of fused-ring (bicyclic) bond motifs is 3. The molecule has 1 saturated carbocycles. The molecule has 4 heterocycles. The van der Waals surface area contributed by atoms with Crippen LogP contribution in [0.1, 0.15) is 120 Å². The number of carbonyl (C=O) groups excluding carboxylic acids is 1. The molecule has 294 valence electrons. The lowest BCUT2D eigenvalue weighted by Gasteiger charge is -2.53. The Labute approximate surface area is 315 Å². The minimum Gasteiger partial charge on any atom is -0.508 e. The van der Waals surface area contributed by atoms with Gasteiger partial charge in [-0.25, -0.2) is 4.79 Å². The van der Waals surface area contributed by atoms with Gasteiger partial charge in [0.15, 0.2) is 12.1 Å². The van der Waals surface area contributed by atoms with E-state index in [-0.39, 0.29) is 35.9 Å². The van der Waals surface area contributed by atoms with Crippen LogP contribution in [0.15, 0.2) is 42.0 Å². The summed E-state index contributed by atoms with van der Waals surface area (Å²) in [6.45, 7) is 11.7. The standard InChI is InChI=1S/C43H62O10/c1-24-12-11-13-25(2)40(51-38-21-37(48-7)39(46)29(6)49-38)26(3)16-17-31-19-32(50-42(47)34-18-27(4)35(44)20-33(24)34)22-43(52-31)23-36(45)28(5)41(53-43)30-14-9-8-10-15-30/h11-13,16,18,20,25,28-32,36-41,44-46H,8-10,14-15,17,19,21-23H2,1-7H3. The molecule has 4 aliphatic heterocycles. The van der Waals surface area contributed by atoms with Crippen molar-refractivity contribution in [2.75, 3.05) is 7.11 Å². The third-order valence-electron chi connectivity index (χ3n) is 12.5. The van der Waals surface area contributed by atoms with Gasteiger partial charge >= 0.3 is 5.97 Å². The molecule has 4 fully saturated rings. The molecule has 1 aromatic rings. The second-order valence-corrected chi connectivity index (χ2v) is 16.5. The van der Waals surface area contributed by atoms with Gasteiger partial charge in [0.25, 0.3) is 0 Å². The van der Waals surface area contributed by atoms with Crippen LogP contribution in [0.4, 0.5) is 0 Å². The van der Waals surface area contributed by atoms with E-state index in [2.05, 4.69) is 26.0 Å². The summed E-state index contributed by atoms with van der Waals surface area (Å²) in [5, 5.41) is 32.8. The number of rotatable bonds is 4. The Morgan fingerprint density at radius 3 is 2.42 bits per heavy atom. The molecule has 10 heteroatoms. The minimum atomic E-state index is -1.10. The second-order valence-electron chi connectivity index (χ2n) is 16.5. The summed E-state index contributed by atoms with van der Waals surface area (Å²) in [6, 6.07) is 3.32. The molecule has 1 aromatic carbocycles. The lowest BCUT2D eigenvalue weighted by atomic mass is 9.75. The first kappa shape index (κ1) is 40.1. The number of aryl methyl sites for hydroxylation is 1. The average molecular weight is 739 g/mol. The van der Waals surface area contributed by atoms with E-state index in [0.29, 0.717) is 54.7 Å². The van der Waals surface area contributed by atoms with Crippen LogP contribution in [0.5, 0.6) is 5.75 Å². The molecule has 10 nitrogen and oxygen atoms in total. The monoisotopic (exact) mass is 738 g/mol. The molecule has 53 heavy (non-hydrogen) atoms. The largest absolute Gasteiger partial charge is 0.508 e. The highest BCUT2D eigenvalue weighted by molar-refractivity contribution is 5.96. The second kappa shape index (κ2) is 17.1. The van der Waals surface area contributed by atoms with E-state index < -0.39 is 48.6 Å². The summed E-state index contributed by atoms with van der Waals surface area (Å²) in [4.78, 5) is 14.1. The summed E-state index contributed by atoms with van der Waals surface area (Å²) in [5.74, 6) is -1.25. The minimum absolute atomic E-state index is 0.0327. The average Bonchev–Trinajstić information content (AvgIpc) is 3.13. The first-order chi connectivity index (χ1) is 25.3. The number of aliphatic hydroxyl groups is 2. The summed E-state index contributed by atoms with van der Waals surface area (Å²) >= 11 is 0. The molecule has 0 aromatic heterocycles. The summed E-state index contributed by atoms with van der Waals surface area (Å²) in [6.07, 6.45) is 11.5. The highest BCUT2D eigenvalue weighted by Crippen LogP contribution is 2.47. The van der Waals surface area contributed by atoms with Gasteiger partial charge in [0.1, 0.15) is 18.0 Å². The molecular formula is C43H62O10. The van der Waals surface area contributed by atoms with Gasteiger partial charge in [-0.15, -0.1) is 0 Å². The smallest absolute Gasteiger partial charge is 0.339 e. The van der Waals surface area contributed by atoms with Crippen molar-refractivity contribution in [3.05, 3.63) is 58.7 Å². The predicted octanol–water partition coefficient (Wildman–Crippen LogP) is 7.31. The number of esters is 1. The normalized spacial score (nSPS) is 39.2. The van der Waals surface area contributed by atoms with Crippen LogP contribution in [0, 0.1) is 24.7 Å². The molecule has 12 atom stereocenters. The van der Waals surface area contributed by atoms with Crippen LogP contribution in [0.2, 0.25) is 0 Å². The number of phenols is 1. The molecule has 2 bridgehead atoms. The van der Waals surface area contributed by atoms with Crippen molar-refractivity contribution in [1.82, 2.24) is 0 Å². The van der Waals surface area contributed by atoms with E-state index >= 15 is 0 Å². The predicted molar refractivity (Wildman–Crippen MR) is 201 cm³/mol. The number of aromatic hydroxyl groups is 1. The first-order valence-electron chi connectivity index (χ1n) is 19.9. The summed E-state index contributed by atoms with van der Waals surface area (Å²) in [7, 11) is 1.59. The van der Waals surface area contributed by atoms with E-state index in [1.54, 1.807) is 26.2 Å². The molecule has 3 saturated heterocycles. The number of carbonyl (C=O) groups is 1. The van der Waals surface area contributed by atoms with Gasteiger partial charge < -0.3 is 43.7 Å². The summed E-state index contributed by atoms with van der Waals surface area (Å²) < 4.78 is 38.7. The van der Waals surface area contributed by atoms with E-state index in [1.165, 1.54) is 6.42 Å². The van der Waals surface area contributed by atoms with Gasteiger partial charge in [-0.05, 0) is 87.3 Å². The lowest BCUT2D eigenvalue weighted by molar-refractivity contribution is -0.354. The first-order valence-corrected chi connectivity index (χ1v) is 19.9. The van der Waals surface area contributed by atoms with Crippen molar-refractivity contribution in [1.29, 1.82) is 0 Å². The molecular weight excluding hydrogens is 676 g/mol. The number of hydrogen-bond donors (Lipinski definition) is 3. The fraction of sp³-hybridized carbons (Fsp3) is 0.698. The van der Waals surface area contributed by atoms with Crippen molar-refractivity contribution in [3.8, 4) is 5.75 Å². The Kier molecular flexibility index (Phi) is 12.9. The van der Waals surface area contributed by atoms with Gasteiger partial charge in [-0.2, -0.15) is 0 Å². The number of methoxy groups -OCH3 is 1. The number of hydrogen-bond acceptors (Lipinski definition) is 10. The molecule has 3 N–H and O–H groups in total. The Morgan fingerprint density at radius 2 is 1.68 bits per heavy atom. The number of phenolic OH excluding ortho intramolecular Hbond substituents is 1. The maximum Gasteiger partial charge on any atom is 0.339 e. The fourth-order valence-corrected chi connectivity index (χ4v) is 9.23. The fourth-order valence-electron chi connectivity index (χ4n) is 9.23. The highest BCUT2D eigenvalue weighted by atomic mass is 16.7. The zero-order valence-corrected chi connectivity index (χ0v) is 32.7. The van der Waals surface area contributed by atoms with Crippen LogP contribution in [0.3, 0.4) is 0 Å². The van der Waals surface area contributed by atoms with Gasteiger partial charge in [-0.1, -0.05) is 57.4 Å². The Balaban J connectivity index is 1.37. The third kappa shape index (κ3) is 9.12. The van der Waals surface area contributed by atoms with Crippen LogP contribution >= 0.6 is 0 Å². The third-order valence-corrected chi connectivity index (χ3v) is 12.5. The number of aliphatic hydroxyl groups excluding tert-OH is 2. The zero-order chi connectivity index (χ0) is 38.0. The van der Waals surface area contributed by atoms with Gasteiger partial charge in [0, 0.05) is 44.6 Å².